The van der Waals surface area contributed by atoms with Gasteiger partial charge >= 0.3 is 6.01 Å². The van der Waals surface area contributed by atoms with Crippen molar-refractivity contribution in [2.24, 2.45) is 0 Å². The van der Waals surface area contributed by atoms with Gasteiger partial charge in [0, 0.05) is 5.33 Å². The molecule has 1 heterocycles. The Hall–Kier alpha value is -3.92. The molecule has 0 aliphatic rings. The maximum atomic E-state index is 5.93. The van der Waals surface area contributed by atoms with Crippen LogP contribution in [0.3, 0.4) is 0 Å². The zero-order valence-electron chi connectivity index (χ0n) is 24.4. The van der Waals surface area contributed by atoms with Gasteiger partial charge in [-0.3, -0.25) is 0 Å². The number of alkyl halides is 1. The summed E-state index contributed by atoms with van der Waals surface area (Å²) in [5, 5.41) is 0.973. The molecule has 0 unspecified atom stereocenters. The quantitative estimate of drug-likeness (QED) is 0.125. The van der Waals surface area contributed by atoms with E-state index in [0.29, 0.717) is 58.5 Å². The van der Waals surface area contributed by atoms with Crippen molar-refractivity contribution < 1.29 is 33.2 Å². The number of rotatable bonds is 16. The minimum atomic E-state index is 0.306. The predicted molar refractivity (Wildman–Crippen MR) is 165 cm³/mol. The van der Waals surface area contributed by atoms with Gasteiger partial charge in [0.1, 0.15) is 0 Å². The molecule has 9 nitrogen and oxygen atoms in total. The van der Waals surface area contributed by atoms with Crippen molar-refractivity contribution >= 4 is 40.2 Å². The van der Waals surface area contributed by atoms with Crippen molar-refractivity contribution in [3.05, 3.63) is 52.8 Å². The first kappa shape index (κ1) is 31.6. The zero-order chi connectivity index (χ0) is 29.6. The number of hydrogen-bond donors (Lipinski definition) is 0. The Labute approximate surface area is 250 Å². The fourth-order valence-electron chi connectivity index (χ4n) is 3.99. The third-order valence-corrected chi connectivity index (χ3v) is 6.58. The smallest absolute Gasteiger partial charge is 0.317 e. The number of methoxy groups -OCH3 is 6. The van der Waals surface area contributed by atoms with E-state index < -0.39 is 0 Å². The van der Waals surface area contributed by atoms with Crippen molar-refractivity contribution in [2.75, 3.05) is 54.6 Å². The predicted octanol–water partition coefficient (Wildman–Crippen LogP) is 6.81. The molecule has 0 aliphatic carbocycles. The van der Waals surface area contributed by atoms with Crippen molar-refractivity contribution in [1.82, 2.24) is 9.97 Å². The van der Waals surface area contributed by atoms with Crippen LogP contribution in [0.15, 0.2) is 30.3 Å². The highest BCUT2D eigenvalue weighted by Crippen LogP contribution is 2.39. The van der Waals surface area contributed by atoms with E-state index in [-0.39, 0.29) is 0 Å². The molecule has 0 saturated carbocycles. The van der Waals surface area contributed by atoms with E-state index in [9.17, 15) is 0 Å². The third-order valence-electron chi connectivity index (χ3n) is 6.02. The van der Waals surface area contributed by atoms with Crippen LogP contribution >= 0.6 is 15.9 Å². The van der Waals surface area contributed by atoms with E-state index >= 15 is 0 Å². The lowest BCUT2D eigenvalue weighted by Crippen LogP contribution is -2.03. The molecule has 0 amide bonds. The molecule has 0 saturated heterocycles. The first-order valence-corrected chi connectivity index (χ1v) is 14.2. The summed E-state index contributed by atoms with van der Waals surface area (Å²) >= 11 is 3.46. The highest BCUT2D eigenvalue weighted by Gasteiger charge is 2.13. The summed E-state index contributed by atoms with van der Waals surface area (Å²) in [6, 6.07) is 9.65. The third kappa shape index (κ3) is 8.78. The van der Waals surface area contributed by atoms with Crippen molar-refractivity contribution in [3.63, 3.8) is 0 Å². The monoisotopic (exact) mass is 628 g/mol. The fourth-order valence-corrected chi connectivity index (χ4v) is 4.39. The molecule has 0 bridgehead atoms. The van der Waals surface area contributed by atoms with E-state index in [1.165, 1.54) is 0 Å². The molecular formula is C31H37BrN2O7. The molecule has 2 aromatic carbocycles. The van der Waals surface area contributed by atoms with E-state index in [2.05, 4.69) is 25.9 Å². The van der Waals surface area contributed by atoms with Crippen LogP contribution in [0.5, 0.6) is 40.5 Å². The Morgan fingerprint density at radius 2 is 1.00 bits per heavy atom. The Kier molecular flexibility index (Phi) is 12.6. The second kappa shape index (κ2) is 16.4. The van der Waals surface area contributed by atoms with Crippen LogP contribution in [0.2, 0.25) is 0 Å². The maximum Gasteiger partial charge on any atom is 0.317 e. The van der Waals surface area contributed by atoms with Gasteiger partial charge in [0.25, 0.3) is 0 Å². The summed E-state index contributed by atoms with van der Waals surface area (Å²) in [6.07, 6.45) is 10.7. The van der Waals surface area contributed by atoms with Gasteiger partial charge in [0.2, 0.25) is 11.5 Å². The van der Waals surface area contributed by atoms with Crippen molar-refractivity contribution in [2.45, 2.75) is 19.3 Å². The molecule has 10 heteroatoms. The Morgan fingerprint density at radius 3 is 1.37 bits per heavy atom. The van der Waals surface area contributed by atoms with Crippen LogP contribution < -0.4 is 33.2 Å². The van der Waals surface area contributed by atoms with Gasteiger partial charge in [-0.05, 0) is 72.9 Å². The van der Waals surface area contributed by atoms with Crippen LogP contribution in [0.1, 0.15) is 41.8 Å². The van der Waals surface area contributed by atoms with Crippen molar-refractivity contribution in [3.8, 4) is 40.5 Å². The molecule has 0 aliphatic heterocycles. The summed E-state index contributed by atoms with van der Waals surface area (Å²) in [5.74, 6) is 3.32. The van der Waals surface area contributed by atoms with Crippen molar-refractivity contribution in [1.29, 1.82) is 0 Å². The normalized spacial score (nSPS) is 11.1. The lowest BCUT2D eigenvalue weighted by atomic mass is 10.1. The lowest BCUT2D eigenvalue weighted by Gasteiger charge is -2.13. The topological polar surface area (TPSA) is 90.4 Å². The molecule has 3 aromatic rings. The number of hydrogen-bond acceptors (Lipinski definition) is 9. The number of benzene rings is 2. The van der Waals surface area contributed by atoms with E-state index in [4.69, 9.17) is 33.2 Å². The van der Waals surface area contributed by atoms with Crippen LogP contribution in [-0.2, 0) is 0 Å². The summed E-state index contributed by atoms with van der Waals surface area (Å²) in [4.78, 5) is 9.22. The van der Waals surface area contributed by atoms with E-state index in [1.54, 1.807) is 42.7 Å². The Bertz CT molecular complexity index is 1200. The lowest BCUT2D eigenvalue weighted by molar-refractivity contribution is 0.282. The van der Waals surface area contributed by atoms with E-state index in [0.717, 1.165) is 35.7 Å². The van der Waals surface area contributed by atoms with Gasteiger partial charge in [-0.25, -0.2) is 0 Å². The number of ether oxygens (including phenoxy) is 7. The SMILES string of the molecule is COc1cc(/C=C/c2cc(/C=C/c3cc(OC)c(OC)c(OC)c3)nc(OCCCCCBr)n2)cc(OC)c1OC. The molecule has 3 rings (SSSR count). The Balaban J connectivity index is 1.95. The number of halogens is 1. The van der Waals surface area contributed by atoms with Gasteiger partial charge in [-0.1, -0.05) is 28.1 Å². The van der Waals surface area contributed by atoms with E-state index in [1.807, 2.05) is 54.6 Å². The van der Waals surface area contributed by atoms with Crippen LogP contribution in [0.4, 0.5) is 0 Å². The fraction of sp³-hybridized carbons (Fsp3) is 0.355. The second-order valence-electron chi connectivity index (χ2n) is 8.68. The van der Waals surface area contributed by atoms with Gasteiger partial charge in [-0.15, -0.1) is 0 Å². The average molecular weight is 630 g/mol. The average Bonchev–Trinajstić information content (AvgIpc) is 3.01. The molecule has 0 spiro atoms. The van der Waals surface area contributed by atoms with Gasteiger partial charge < -0.3 is 33.2 Å². The molecule has 0 atom stereocenters. The molecule has 0 radical (unpaired) electrons. The standard InChI is InChI=1S/C31H37BrN2O7/c1-35-25-16-21(17-26(36-2)29(25)39-5)10-12-23-20-24(34-31(33-23)41-15-9-7-8-14-32)13-11-22-18-27(37-3)30(40-6)28(19-22)38-4/h10-13,16-20H,7-9,14-15H2,1-6H3/b12-10+,13-11+. The number of unbranched alkanes of at least 4 members (excludes halogenated alkanes) is 2. The van der Waals surface area contributed by atoms with Gasteiger partial charge in [-0.2, -0.15) is 9.97 Å². The molecule has 0 fully saturated rings. The largest absolute Gasteiger partial charge is 0.493 e. The van der Waals surface area contributed by atoms with Crippen LogP contribution in [0, 0.1) is 0 Å². The maximum absolute atomic E-state index is 5.93. The number of aromatic nitrogens is 2. The minimum Gasteiger partial charge on any atom is -0.493 e. The van der Waals surface area contributed by atoms with Gasteiger partial charge in [0.15, 0.2) is 23.0 Å². The Morgan fingerprint density at radius 1 is 0.561 bits per heavy atom. The first-order valence-electron chi connectivity index (χ1n) is 13.0. The molecule has 41 heavy (non-hydrogen) atoms. The zero-order valence-corrected chi connectivity index (χ0v) is 25.9. The molecule has 1 aromatic heterocycles. The molecule has 0 N–H and O–H groups in total. The summed E-state index contributed by atoms with van der Waals surface area (Å²) in [6.45, 7) is 0.531. The first-order chi connectivity index (χ1) is 20.0. The molecular weight excluding hydrogens is 592 g/mol. The molecule has 220 valence electrons. The minimum absolute atomic E-state index is 0.306. The van der Waals surface area contributed by atoms with Gasteiger partial charge in [0.05, 0.1) is 60.7 Å². The summed E-state index contributed by atoms with van der Waals surface area (Å²) < 4.78 is 38.7. The number of nitrogens with zero attached hydrogens (tertiary/aromatic N) is 2. The highest BCUT2D eigenvalue weighted by molar-refractivity contribution is 9.09. The van der Waals surface area contributed by atoms with Crippen LogP contribution in [0.25, 0.3) is 24.3 Å². The second-order valence-corrected chi connectivity index (χ2v) is 9.48. The summed E-state index contributed by atoms with van der Waals surface area (Å²) in [7, 11) is 9.50. The summed E-state index contributed by atoms with van der Waals surface area (Å²) in [5.41, 5.74) is 3.05. The highest BCUT2D eigenvalue weighted by atomic mass is 79.9. The van der Waals surface area contributed by atoms with Crippen LogP contribution in [-0.4, -0.2) is 64.6 Å².